The molecule has 4 aromatic rings. The molecule has 1 aromatic carbocycles. The van der Waals surface area contributed by atoms with E-state index in [1.807, 2.05) is 23.1 Å². The number of benzene rings is 1. The Balaban J connectivity index is 1.29. The van der Waals surface area contributed by atoms with E-state index >= 15 is 0 Å². The third kappa shape index (κ3) is 5.43. The Morgan fingerprint density at radius 3 is 2.58 bits per heavy atom. The Labute approximate surface area is 219 Å². The first-order chi connectivity index (χ1) is 18.4. The smallest absolute Gasteiger partial charge is 0.227 e. The van der Waals surface area contributed by atoms with Crippen molar-refractivity contribution < 1.29 is 19.0 Å². The van der Waals surface area contributed by atoms with E-state index in [4.69, 9.17) is 4.74 Å². The predicted molar refractivity (Wildman–Crippen MR) is 139 cm³/mol. The van der Waals surface area contributed by atoms with Crippen molar-refractivity contribution in [3.8, 4) is 22.9 Å². The van der Waals surface area contributed by atoms with Crippen LogP contribution >= 0.6 is 0 Å². The molecule has 1 atom stereocenters. The topological polar surface area (TPSA) is 107 Å². The number of piperazine rings is 1. The van der Waals surface area contributed by atoms with Gasteiger partial charge in [-0.05, 0) is 42.8 Å². The number of fused-ring (bicyclic) bond motifs is 1. The molecule has 0 aliphatic carbocycles. The molecule has 1 saturated heterocycles. The highest BCUT2D eigenvalue weighted by atomic mass is 19.1. The van der Waals surface area contributed by atoms with Crippen molar-refractivity contribution in [3.63, 3.8) is 0 Å². The van der Waals surface area contributed by atoms with Gasteiger partial charge in [0.05, 0.1) is 36.0 Å². The van der Waals surface area contributed by atoms with Gasteiger partial charge in [0.1, 0.15) is 30.1 Å². The number of hydrogen-bond donors (Lipinski definition) is 1. The zero-order chi connectivity index (χ0) is 26.6. The van der Waals surface area contributed by atoms with Crippen LogP contribution < -0.4 is 9.64 Å². The number of aromatic nitrogens is 3. The monoisotopic (exact) mass is 514 g/mol. The highest BCUT2D eigenvalue weighted by Crippen LogP contribution is 2.31. The van der Waals surface area contributed by atoms with Gasteiger partial charge in [0, 0.05) is 43.5 Å². The molecule has 0 bridgehead atoms. The first-order valence-electron chi connectivity index (χ1n) is 12.4. The van der Waals surface area contributed by atoms with E-state index in [-0.39, 0.29) is 24.8 Å². The van der Waals surface area contributed by atoms with Gasteiger partial charge in [-0.1, -0.05) is 12.1 Å². The molecular weight excluding hydrogens is 487 g/mol. The number of rotatable bonds is 7. The lowest BCUT2D eigenvalue weighted by Gasteiger charge is -2.35. The van der Waals surface area contributed by atoms with Crippen LogP contribution in [0.2, 0.25) is 0 Å². The normalized spacial score (nSPS) is 14.4. The Bertz CT molecular complexity index is 1470. The van der Waals surface area contributed by atoms with Gasteiger partial charge >= 0.3 is 0 Å². The molecule has 0 radical (unpaired) electrons. The third-order valence-electron chi connectivity index (χ3n) is 6.48. The zero-order valence-electron chi connectivity index (χ0n) is 20.9. The zero-order valence-corrected chi connectivity index (χ0v) is 20.9. The second-order valence-electron chi connectivity index (χ2n) is 9.29. The maximum atomic E-state index is 13.1. The lowest BCUT2D eigenvalue weighted by atomic mass is 10.1. The number of carbonyl (C=O) groups excluding carboxylic acids is 1. The average Bonchev–Trinajstić information content (AvgIpc) is 3.36. The van der Waals surface area contributed by atoms with Crippen molar-refractivity contribution in [1.29, 1.82) is 5.26 Å². The van der Waals surface area contributed by atoms with Gasteiger partial charge in [-0.25, -0.2) is 13.9 Å². The number of halogens is 1. The molecule has 1 aliphatic rings. The molecule has 9 nitrogen and oxygen atoms in total. The third-order valence-corrected chi connectivity index (χ3v) is 6.48. The number of nitrogens with zero attached hydrogens (tertiary/aromatic N) is 6. The minimum absolute atomic E-state index is 0.0235. The van der Waals surface area contributed by atoms with Crippen LogP contribution in [0.3, 0.4) is 0 Å². The molecule has 38 heavy (non-hydrogen) atoms. The summed E-state index contributed by atoms with van der Waals surface area (Å²) in [5, 5.41) is 23.4. The number of nitriles is 1. The van der Waals surface area contributed by atoms with Crippen molar-refractivity contribution >= 4 is 17.2 Å². The number of hydrogen-bond acceptors (Lipinski definition) is 7. The summed E-state index contributed by atoms with van der Waals surface area (Å²) in [6.45, 7) is 4.23. The Hall–Kier alpha value is -4.49. The molecule has 0 spiro atoms. The minimum Gasteiger partial charge on any atom is -0.489 e. The summed E-state index contributed by atoms with van der Waals surface area (Å²) in [6, 6.07) is 13.9. The molecule has 10 heteroatoms. The van der Waals surface area contributed by atoms with Crippen LogP contribution in [0, 0.1) is 17.1 Å². The van der Waals surface area contributed by atoms with Crippen LogP contribution in [0.4, 0.5) is 10.2 Å². The largest absolute Gasteiger partial charge is 0.489 e. The first kappa shape index (κ1) is 25.2. The van der Waals surface area contributed by atoms with Crippen LogP contribution in [0.15, 0.2) is 61.1 Å². The molecule has 1 N–H and O–H groups in total. The van der Waals surface area contributed by atoms with Gasteiger partial charge in [-0.2, -0.15) is 10.4 Å². The van der Waals surface area contributed by atoms with Gasteiger partial charge in [0.2, 0.25) is 5.91 Å². The average molecular weight is 515 g/mol. The second kappa shape index (κ2) is 10.9. The molecular formula is C28H27FN6O3. The van der Waals surface area contributed by atoms with Crippen LogP contribution in [0.5, 0.6) is 5.75 Å². The Morgan fingerprint density at radius 2 is 1.92 bits per heavy atom. The van der Waals surface area contributed by atoms with E-state index < -0.39 is 6.10 Å². The van der Waals surface area contributed by atoms with Gasteiger partial charge in [-0.3, -0.25) is 4.79 Å². The van der Waals surface area contributed by atoms with Gasteiger partial charge in [0.15, 0.2) is 0 Å². The summed E-state index contributed by atoms with van der Waals surface area (Å²) < 4.78 is 20.4. The van der Waals surface area contributed by atoms with Crippen molar-refractivity contribution in [2.75, 3.05) is 37.7 Å². The van der Waals surface area contributed by atoms with E-state index in [0.29, 0.717) is 43.0 Å². The molecule has 5 rings (SSSR count). The number of anilines is 1. The Kier molecular flexibility index (Phi) is 7.20. The van der Waals surface area contributed by atoms with Crippen molar-refractivity contribution in [2.45, 2.75) is 19.4 Å². The summed E-state index contributed by atoms with van der Waals surface area (Å²) in [5.74, 6) is 1.03. The van der Waals surface area contributed by atoms with Crippen LogP contribution in [-0.2, 0) is 11.2 Å². The SMILES string of the molecule is C[C@@H](O)COc1cc(-c2ccc(N3CCN(C(=O)Cc4ccc(F)cc4)CC3)nc2)c2c(C#N)cnn2c1. The highest BCUT2D eigenvalue weighted by Gasteiger charge is 2.22. The van der Waals surface area contributed by atoms with Gasteiger partial charge < -0.3 is 19.6 Å². The molecule has 1 amide bonds. The number of pyridine rings is 2. The van der Waals surface area contributed by atoms with Crippen molar-refractivity contribution in [1.82, 2.24) is 19.5 Å². The van der Waals surface area contributed by atoms with E-state index in [2.05, 4.69) is 21.1 Å². The minimum atomic E-state index is -0.624. The maximum absolute atomic E-state index is 13.1. The van der Waals surface area contributed by atoms with Crippen molar-refractivity contribution in [3.05, 3.63) is 78.0 Å². The second-order valence-corrected chi connectivity index (χ2v) is 9.29. The van der Waals surface area contributed by atoms with Crippen LogP contribution in [0.1, 0.15) is 18.1 Å². The number of amides is 1. The maximum Gasteiger partial charge on any atom is 0.227 e. The van der Waals surface area contributed by atoms with E-state index in [0.717, 1.165) is 22.5 Å². The lowest BCUT2D eigenvalue weighted by Crippen LogP contribution is -2.49. The summed E-state index contributed by atoms with van der Waals surface area (Å²) in [5.41, 5.74) is 3.43. The molecule has 0 unspecified atom stereocenters. The first-order valence-corrected chi connectivity index (χ1v) is 12.4. The summed E-state index contributed by atoms with van der Waals surface area (Å²) in [7, 11) is 0. The van der Waals surface area contributed by atoms with Gasteiger partial charge in [-0.15, -0.1) is 0 Å². The van der Waals surface area contributed by atoms with Crippen LogP contribution in [-0.4, -0.2) is 69.4 Å². The lowest BCUT2D eigenvalue weighted by molar-refractivity contribution is -0.130. The summed E-state index contributed by atoms with van der Waals surface area (Å²) in [6.07, 6.45) is 4.57. The quantitative estimate of drug-likeness (QED) is 0.404. The van der Waals surface area contributed by atoms with Crippen molar-refractivity contribution in [2.24, 2.45) is 0 Å². The fourth-order valence-corrected chi connectivity index (χ4v) is 4.50. The fourth-order valence-electron chi connectivity index (χ4n) is 4.50. The molecule has 3 aromatic heterocycles. The van der Waals surface area contributed by atoms with E-state index in [9.17, 15) is 19.6 Å². The summed E-state index contributed by atoms with van der Waals surface area (Å²) >= 11 is 0. The molecule has 1 aliphatic heterocycles. The summed E-state index contributed by atoms with van der Waals surface area (Å²) in [4.78, 5) is 21.3. The molecule has 4 heterocycles. The molecule has 1 fully saturated rings. The van der Waals surface area contributed by atoms with E-state index in [1.54, 1.807) is 36.0 Å². The number of carbonyl (C=O) groups is 1. The number of ether oxygens (including phenoxy) is 1. The standard InChI is InChI=1S/C28H27FN6O3/c1-19(36)18-38-24-13-25(28-22(14-30)16-32-35(28)17-24)21-4-7-26(31-15-21)33-8-10-34(11-9-33)27(37)12-20-2-5-23(29)6-3-20/h2-7,13,15-17,19,36H,8-12,18H2,1H3/t19-/m1/s1. The molecule has 0 saturated carbocycles. The molecule has 194 valence electrons. The Morgan fingerprint density at radius 1 is 1.16 bits per heavy atom. The fraction of sp³-hybridized carbons (Fsp3) is 0.286. The van der Waals surface area contributed by atoms with Gasteiger partial charge in [0.25, 0.3) is 0 Å². The number of aliphatic hydroxyl groups is 1. The highest BCUT2D eigenvalue weighted by molar-refractivity contribution is 5.85. The number of aliphatic hydroxyl groups excluding tert-OH is 1. The van der Waals surface area contributed by atoms with Crippen LogP contribution in [0.25, 0.3) is 16.6 Å². The van der Waals surface area contributed by atoms with E-state index in [1.165, 1.54) is 18.3 Å². The predicted octanol–water partition coefficient (Wildman–Crippen LogP) is 3.06.